The van der Waals surface area contributed by atoms with Gasteiger partial charge in [-0.2, -0.15) is 0 Å². The summed E-state index contributed by atoms with van der Waals surface area (Å²) in [6.07, 6.45) is 7.97. The van der Waals surface area contributed by atoms with Crippen LogP contribution in [-0.2, 0) is 6.67 Å². The first-order chi connectivity index (χ1) is 13.2. The topological polar surface area (TPSA) is 52.7 Å². The van der Waals surface area contributed by atoms with Gasteiger partial charge in [-0.3, -0.25) is 4.90 Å². The van der Waals surface area contributed by atoms with Gasteiger partial charge < -0.3 is 13.9 Å². The van der Waals surface area contributed by atoms with Gasteiger partial charge in [0.15, 0.2) is 0 Å². The molecule has 2 aromatic rings. The predicted octanol–water partition coefficient (Wildman–Crippen LogP) is 4.50. The molecule has 0 spiro atoms. The molecule has 1 saturated carbocycles. The molecule has 7 heteroatoms. The van der Waals surface area contributed by atoms with Gasteiger partial charge in [-0.15, -0.1) is 5.10 Å². The summed E-state index contributed by atoms with van der Waals surface area (Å²) in [5, 5.41) is 4.66. The molecule has 27 heavy (non-hydrogen) atoms. The molecule has 4 rings (SSSR count). The zero-order chi connectivity index (χ0) is 18.8. The lowest BCUT2D eigenvalue weighted by molar-refractivity contribution is 0.0318. The fraction of sp³-hybridized carbons (Fsp3) is 0.600. The third-order valence-electron chi connectivity index (χ3n) is 5.92. The molecule has 1 aromatic heterocycles. The summed E-state index contributed by atoms with van der Waals surface area (Å²) in [6.45, 7) is 1.80. The largest absolute Gasteiger partial charge is 0.497 e. The number of ether oxygens (including phenoxy) is 2. The van der Waals surface area contributed by atoms with E-state index in [-0.39, 0.29) is 0 Å². The molecule has 146 valence electrons. The van der Waals surface area contributed by atoms with E-state index >= 15 is 0 Å². The Morgan fingerprint density at radius 3 is 2.78 bits per heavy atom. The summed E-state index contributed by atoms with van der Waals surface area (Å²) in [6, 6.07) is 6.24. The van der Waals surface area contributed by atoms with E-state index in [1.807, 2.05) is 22.9 Å². The summed E-state index contributed by atoms with van der Waals surface area (Å²) >= 11 is 5.46. The Morgan fingerprint density at radius 1 is 1.15 bits per heavy atom. The number of benzene rings is 1. The molecule has 1 saturated heterocycles. The first-order valence-corrected chi connectivity index (χ1v) is 10.1. The van der Waals surface area contributed by atoms with Gasteiger partial charge in [0.1, 0.15) is 11.5 Å². The van der Waals surface area contributed by atoms with Gasteiger partial charge in [-0.1, -0.05) is 12.8 Å². The van der Waals surface area contributed by atoms with Crippen molar-refractivity contribution in [2.24, 2.45) is 5.92 Å². The highest BCUT2D eigenvalue weighted by molar-refractivity contribution is 7.71. The smallest absolute Gasteiger partial charge is 0.288 e. The monoisotopic (exact) mass is 389 g/mol. The van der Waals surface area contributed by atoms with Crippen molar-refractivity contribution >= 4 is 12.2 Å². The molecule has 6 nitrogen and oxygen atoms in total. The molecular formula is C20H27N3O3S. The Morgan fingerprint density at radius 2 is 1.96 bits per heavy atom. The van der Waals surface area contributed by atoms with Gasteiger partial charge in [0.25, 0.3) is 10.7 Å². The Bertz CT molecular complexity index is 845. The van der Waals surface area contributed by atoms with Gasteiger partial charge in [-0.05, 0) is 56.0 Å². The normalized spacial score (nSPS) is 23.0. The quantitative estimate of drug-likeness (QED) is 0.702. The van der Waals surface area contributed by atoms with Crippen LogP contribution in [0.25, 0.3) is 11.5 Å². The Kier molecular flexibility index (Phi) is 5.50. The summed E-state index contributed by atoms with van der Waals surface area (Å²) in [7, 11) is 3.26. The van der Waals surface area contributed by atoms with Crippen molar-refractivity contribution in [2.75, 3.05) is 20.8 Å². The zero-order valence-electron chi connectivity index (χ0n) is 16.0. The highest BCUT2D eigenvalue weighted by Crippen LogP contribution is 2.36. The lowest BCUT2D eigenvalue weighted by Crippen LogP contribution is -2.47. The molecular weight excluding hydrogens is 362 g/mol. The first kappa shape index (κ1) is 18.5. The van der Waals surface area contributed by atoms with Crippen molar-refractivity contribution in [2.45, 2.75) is 51.2 Å². The Balaban J connectivity index is 1.58. The van der Waals surface area contributed by atoms with Gasteiger partial charge >= 0.3 is 0 Å². The van der Waals surface area contributed by atoms with E-state index in [1.165, 1.54) is 38.5 Å². The molecule has 0 radical (unpaired) electrons. The van der Waals surface area contributed by atoms with Crippen molar-refractivity contribution in [3.05, 3.63) is 23.0 Å². The fourth-order valence-corrected chi connectivity index (χ4v) is 4.73. The maximum atomic E-state index is 5.81. The van der Waals surface area contributed by atoms with Crippen molar-refractivity contribution in [3.63, 3.8) is 0 Å². The number of methoxy groups -OCH3 is 2. The zero-order valence-corrected chi connectivity index (χ0v) is 16.8. The molecule has 1 aliphatic carbocycles. The molecule has 2 aliphatic rings. The molecule has 2 heterocycles. The van der Waals surface area contributed by atoms with E-state index in [9.17, 15) is 0 Å². The molecule has 2 atom stereocenters. The minimum Gasteiger partial charge on any atom is -0.497 e. The third kappa shape index (κ3) is 3.75. The minimum absolute atomic E-state index is 0.404. The Labute approximate surface area is 165 Å². The van der Waals surface area contributed by atoms with Crippen LogP contribution in [-0.4, -0.2) is 41.5 Å². The summed E-state index contributed by atoms with van der Waals surface area (Å²) in [5.41, 5.74) is 0.775. The van der Waals surface area contributed by atoms with Crippen LogP contribution >= 0.6 is 12.2 Å². The highest BCUT2D eigenvalue weighted by atomic mass is 32.1. The summed E-state index contributed by atoms with van der Waals surface area (Å²) in [5.74, 6) is 2.69. The predicted molar refractivity (Wildman–Crippen MR) is 106 cm³/mol. The van der Waals surface area contributed by atoms with Crippen molar-refractivity contribution in [3.8, 4) is 23.0 Å². The maximum absolute atomic E-state index is 5.81. The van der Waals surface area contributed by atoms with Crippen LogP contribution in [0.1, 0.15) is 38.5 Å². The molecule has 0 N–H and O–H groups in total. The van der Waals surface area contributed by atoms with E-state index in [1.54, 1.807) is 14.2 Å². The van der Waals surface area contributed by atoms with Gasteiger partial charge in [0.2, 0.25) is 0 Å². The van der Waals surface area contributed by atoms with Crippen LogP contribution in [0.3, 0.4) is 0 Å². The van der Waals surface area contributed by atoms with Gasteiger partial charge in [-0.25, -0.2) is 4.68 Å². The minimum atomic E-state index is 0.404. The maximum Gasteiger partial charge on any atom is 0.288 e. The van der Waals surface area contributed by atoms with Crippen LogP contribution < -0.4 is 9.47 Å². The number of fused-ring (bicyclic) bond motifs is 1. The number of hydrogen-bond acceptors (Lipinski definition) is 6. The lowest BCUT2D eigenvalue weighted by atomic mass is 9.78. The van der Waals surface area contributed by atoms with E-state index < -0.39 is 0 Å². The number of hydrogen-bond donors (Lipinski definition) is 0. The fourth-order valence-electron chi connectivity index (χ4n) is 4.56. The number of aromatic nitrogens is 2. The average molecular weight is 390 g/mol. The van der Waals surface area contributed by atoms with Crippen LogP contribution in [0, 0.1) is 10.8 Å². The van der Waals surface area contributed by atoms with Crippen LogP contribution in [0.2, 0.25) is 0 Å². The molecule has 2 fully saturated rings. The molecule has 1 aromatic carbocycles. The number of nitrogens with zero attached hydrogens (tertiary/aromatic N) is 3. The second kappa shape index (κ2) is 8.02. The third-order valence-corrected chi connectivity index (χ3v) is 6.21. The first-order valence-electron chi connectivity index (χ1n) is 9.74. The van der Waals surface area contributed by atoms with Crippen LogP contribution in [0.4, 0.5) is 0 Å². The number of likely N-dealkylation sites (tertiary alicyclic amines) is 1. The van der Waals surface area contributed by atoms with Gasteiger partial charge in [0, 0.05) is 18.7 Å². The van der Waals surface area contributed by atoms with Crippen molar-refractivity contribution < 1.29 is 13.9 Å². The van der Waals surface area contributed by atoms with E-state index in [4.69, 9.17) is 26.1 Å². The molecule has 0 bridgehead atoms. The van der Waals surface area contributed by atoms with Crippen LogP contribution in [0.5, 0.6) is 11.5 Å². The average Bonchev–Trinajstić information content (AvgIpc) is 3.08. The molecule has 0 amide bonds. The van der Waals surface area contributed by atoms with Crippen LogP contribution in [0.15, 0.2) is 22.6 Å². The second-order valence-corrected chi connectivity index (χ2v) is 7.80. The van der Waals surface area contributed by atoms with E-state index in [0.29, 0.717) is 29.2 Å². The summed E-state index contributed by atoms with van der Waals surface area (Å²) in [4.78, 5) is 2.95. The Hall–Kier alpha value is -1.86. The standard InChI is InChI=1S/C20H27N3O3S/c1-24-15-9-10-16(18(12-15)25-2)19-21-23(20(27)26-19)13-22-11-5-7-14-6-3-4-8-17(14)22/h9-10,12,14,17H,3-8,11,13H2,1-2H3/t14-,17+/m1/s1. The number of rotatable bonds is 5. The number of piperidine rings is 1. The SMILES string of the molecule is COc1ccc(-c2nn(CN3CCC[C@H]4CCCC[C@@H]43)c(=S)o2)c(OC)c1. The second-order valence-electron chi connectivity index (χ2n) is 7.45. The van der Waals surface area contributed by atoms with E-state index in [0.717, 1.165) is 23.8 Å². The van der Waals surface area contributed by atoms with E-state index in [2.05, 4.69) is 10.00 Å². The van der Waals surface area contributed by atoms with Crippen molar-refractivity contribution in [1.82, 2.24) is 14.7 Å². The molecule has 0 unspecified atom stereocenters. The van der Waals surface area contributed by atoms with Crippen molar-refractivity contribution in [1.29, 1.82) is 0 Å². The van der Waals surface area contributed by atoms with Gasteiger partial charge in [0.05, 0.1) is 26.5 Å². The molecule has 1 aliphatic heterocycles. The summed E-state index contributed by atoms with van der Waals surface area (Å²) < 4.78 is 18.4. The highest BCUT2D eigenvalue weighted by Gasteiger charge is 2.33. The lowest BCUT2D eigenvalue weighted by Gasteiger charge is -2.43.